The van der Waals surface area contributed by atoms with Gasteiger partial charge in [0.05, 0.1) is 12.2 Å². The van der Waals surface area contributed by atoms with Crippen LogP contribution in [-0.4, -0.2) is 61.0 Å². The second-order valence-electron chi connectivity index (χ2n) is 10.3. The summed E-state index contributed by atoms with van der Waals surface area (Å²) in [5.74, 6) is 0.779. The summed E-state index contributed by atoms with van der Waals surface area (Å²) < 4.78 is 10.7. The number of nitrogens with one attached hydrogen (secondary N) is 1. The van der Waals surface area contributed by atoms with Gasteiger partial charge in [0, 0.05) is 48.5 Å². The van der Waals surface area contributed by atoms with Crippen LogP contribution in [0.2, 0.25) is 0 Å². The van der Waals surface area contributed by atoms with Crippen molar-refractivity contribution in [2.24, 2.45) is 11.7 Å². The monoisotopic (exact) mass is 506 g/mol. The Bertz CT molecular complexity index is 1180. The number of nitrogens with zero attached hydrogens (tertiary/aromatic N) is 2. The number of nitrogens with two attached hydrogens (primary N) is 1. The van der Waals surface area contributed by atoms with Crippen molar-refractivity contribution in [3.63, 3.8) is 0 Å². The number of benzene rings is 1. The predicted molar refractivity (Wildman–Crippen MR) is 138 cm³/mol. The topological polar surface area (TPSA) is 124 Å². The Morgan fingerprint density at radius 2 is 1.78 bits per heavy atom. The lowest BCUT2D eigenvalue weighted by atomic mass is 9.96. The van der Waals surface area contributed by atoms with Gasteiger partial charge in [0.2, 0.25) is 0 Å². The summed E-state index contributed by atoms with van der Waals surface area (Å²) in [4.78, 5) is 44.5. The molecule has 5 rings (SSSR count). The Balaban J connectivity index is 1.26. The molecule has 37 heavy (non-hydrogen) atoms. The number of hydrogen-bond acceptors (Lipinski definition) is 7. The first-order valence-corrected chi connectivity index (χ1v) is 13.0. The SMILES string of the molecule is COCCOc1cc(C(=O)NC2C[C@H]3CC[C@@H](C2)N3c2ccc(C(=O)C3CC3)cn2)c(C)cc1C(N)=O. The number of ether oxygens (including phenoxy) is 2. The zero-order valence-corrected chi connectivity index (χ0v) is 21.4. The van der Waals surface area contributed by atoms with Gasteiger partial charge < -0.3 is 25.4 Å². The summed E-state index contributed by atoms with van der Waals surface area (Å²) in [7, 11) is 1.56. The highest BCUT2D eigenvalue weighted by molar-refractivity contribution is 6.01. The Morgan fingerprint density at radius 3 is 2.38 bits per heavy atom. The molecule has 1 aromatic heterocycles. The van der Waals surface area contributed by atoms with E-state index in [9.17, 15) is 14.4 Å². The van der Waals surface area contributed by atoms with Crippen molar-refractivity contribution >= 4 is 23.4 Å². The molecule has 2 aromatic rings. The van der Waals surface area contributed by atoms with Crippen LogP contribution in [0.15, 0.2) is 30.5 Å². The van der Waals surface area contributed by atoms with E-state index in [1.165, 1.54) is 0 Å². The molecule has 3 atom stereocenters. The van der Waals surface area contributed by atoms with Gasteiger partial charge in [-0.25, -0.2) is 4.98 Å². The summed E-state index contributed by atoms with van der Waals surface area (Å²) >= 11 is 0. The molecule has 3 heterocycles. The van der Waals surface area contributed by atoms with E-state index < -0.39 is 5.91 Å². The molecular formula is C28H34N4O5. The average Bonchev–Trinajstić information content (AvgIpc) is 3.69. The molecule has 0 radical (unpaired) electrons. The number of fused-ring (bicyclic) bond motifs is 2. The zero-order chi connectivity index (χ0) is 26.1. The van der Waals surface area contributed by atoms with Gasteiger partial charge in [-0.05, 0) is 75.3 Å². The van der Waals surface area contributed by atoms with E-state index in [4.69, 9.17) is 15.2 Å². The van der Waals surface area contributed by atoms with Crippen LogP contribution in [0, 0.1) is 12.8 Å². The molecule has 3 N–H and O–H groups in total. The first-order chi connectivity index (χ1) is 17.9. The number of methoxy groups -OCH3 is 1. The molecule has 2 bridgehead atoms. The highest BCUT2D eigenvalue weighted by Crippen LogP contribution is 2.39. The van der Waals surface area contributed by atoms with Crippen LogP contribution in [0.5, 0.6) is 5.75 Å². The lowest BCUT2D eigenvalue weighted by Gasteiger charge is -2.40. The second kappa shape index (κ2) is 10.5. The maximum atomic E-state index is 13.3. The number of amides is 2. The number of pyridine rings is 1. The number of anilines is 1. The molecule has 2 amide bonds. The number of carbonyl (C=O) groups excluding carboxylic acids is 3. The van der Waals surface area contributed by atoms with E-state index in [0.717, 1.165) is 44.3 Å². The average molecular weight is 507 g/mol. The van der Waals surface area contributed by atoms with Gasteiger partial charge in [-0.2, -0.15) is 0 Å². The number of ketones is 1. The first-order valence-electron chi connectivity index (χ1n) is 13.0. The molecule has 9 nitrogen and oxygen atoms in total. The van der Waals surface area contributed by atoms with Crippen LogP contribution in [0.4, 0.5) is 5.82 Å². The quantitative estimate of drug-likeness (QED) is 0.375. The van der Waals surface area contributed by atoms with Gasteiger partial charge >= 0.3 is 0 Å². The molecule has 1 saturated carbocycles. The minimum Gasteiger partial charge on any atom is -0.490 e. The van der Waals surface area contributed by atoms with Crippen LogP contribution in [0.1, 0.15) is 75.2 Å². The van der Waals surface area contributed by atoms with Crippen molar-refractivity contribution in [1.29, 1.82) is 0 Å². The predicted octanol–water partition coefficient (Wildman–Crippen LogP) is 3.04. The second-order valence-corrected chi connectivity index (χ2v) is 10.3. The Kier molecular flexibility index (Phi) is 7.15. The van der Waals surface area contributed by atoms with E-state index in [2.05, 4.69) is 15.2 Å². The number of carbonyl (C=O) groups is 3. The van der Waals surface area contributed by atoms with Crippen LogP contribution < -0.4 is 20.7 Å². The van der Waals surface area contributed by atoms with Crippen LogP contribution in [0.3, 0.4) is 0 Å². The fourth-order valence-corrected chi connectivity index (χ4v) is 5.68. The van der Waals surface area contributed by atoms with E-state index >= 15 is 0 Å². The van der Waals surface area contributed by atoms with Gasteiger partial charge in [0.25, 0.3) is 11.8 Å². The van der Waals surface area contributed by atoms with Crippen molar-refractivity contribution < 1.29 is 23.9 Å². The number of primary amides is 1. The molecule has 3 fully saturated rings. The van der Waals surface area contributed by atoms with Crippen LogP contribution in [-0.2, 0) is 4.74 Å². The first kappa shape index (κ1) is 25.2. The van der Waals surface area contributed by atoms with Gasteiger partial charge in [-0.15, -0.1) is 0 Å². The van der Waals surface area contributed by atoms with Crippen molar-refractivity contribution in [3.05, 3.63) is 52.7 Å². The summed E-state index contributed by atoms with van der Waals surface area (Å²) in [5.41, 5.74) is 7.59. The van der Waals surface area contributed by atoms with Crippen molar-refractivity contribution in [3.8, 4) is 5.75 Å². The van der Waals surface area contributed by atoms with Gasteiger partial charge in [0.15, 0.2) is 5.78 Å². The van der Waals surface area contributed by atoms with E-state index in [1.807, 2.05) is 12.1 Å². The molecule has 1 unspecified atom stereocenters. The maximum Gasteiger partial charge on any atom is 0.252 e. The molecule has 196 valence electrons. The standard InChI is InChI=1S/C28H34N4O5/c1-16-11-23(27(29)34)24(37-10-9-36-2)14-22(16)28(35)31-19-12-20-6-7-21(13-19)32(20)25-8-5-18(15-30-25)26(33)17-3-4-17/h5,8,11,14-15,17,19-21H,3-4,6-7,9-10,12-13H2,1-2H3,(H2,29,34)(H,31,35)/t19?,20-,21+. The van der Waals surface area contributed by atoms with Crippen LogP contribution in [0.25, 0.3) is 0 Å². The molecular weight excluding hydrogens is 472 g/mol. The summed E-state index contributed by atoms with van der Waals surface area (Å²) in [6, 6.07) is 7.68. The Hall–Kier alpha value is -3.46. The minimum absolute atomic E-state index is 0.0324. The van der Waals surface area contributed by atoms with Gasteiger partial charge in [-0.3, -0.25) is 14.4 Å². The molecule has 2 aliphatic heterocycles. The Labute approximate surface area is 216 Å². The lowest BCUT2D eigenvalue weighted by Crippen LogP contribution is -2.50. The van der Waals surface area contributed by atoms with Crippen molar-refractivity contribution in [1.82, 2.24) is 10.3 Å². The number of rotatable bonds is 10. The van der Waals surface area contributed by atoms with E-state index in [0.29, 0.717) is 23.3 Å². The third kappa shape index (κ3) is 5.32. The van der Waals surface area contributed by atoms with Crippen LogP contribution >= 0.6 is 0 Å². The molecule has 1 aromatic carbocycles. The molecule has 3 aliphatic rings. The maximum absolute atomic E-state index is 13.3. The third-order valence-corrected chi connectivity index (χ3v) is 7.70. The van der Waals surface area contributed by atoms with Gasteiger partial charge in [0.1, 0.15) is 18.2 Å². The van der Waals surface area contributed by atoms with E-state index in [-0.39, 0.29) is 53.7 Å². The highest BCUT2D eigenvalue weighted by Gasteiger charge is 2.42. The molecule has 2 saturated heterocycles. The smallest absolute Gasteiger partial charge is 0.252 e. The molecule has 9 heteroatoms. The third-order valence-electron chi connectivity index (χ3n) is 7.70. The van der Waals surface area contributed by atoms with Crippen molar-refractivity contribution in [2.45, 2.75) is 63.6 Å². The number of hydrogen-bond donors (Lipinski definition) is 2. The number of aryl methyl sites for hydroxylation is 1. The number of Topliss-reactive ketones (excluding diaryl/α,β-unsaturated/α-hetero) is 1. The molecule has 0 spiro atoms. The summed E-state index contributed by atoms with van der Waals surface area (Å²) in [5, 5.41) is 3.21. The Morgan fingerprint density at radius 1 is 1.05 bits per heavy atom. The lowest BCUT2D eigenvalue weighted by molar-refractivity contribution is 0.0921. The fraction of sp³-hybridized carbons (Fsp3) is 0.500. The summed E-state index contributed by atoms with van der Waals surface area (Å²) in [6.07, 6.45) is 7.43. The molecule has 1 aliphatic carbocycles. The summed E-state index contributed by atoms with van der Waals surface area (Å²) in [6.45, 7) is 2.38. The minimum atomic E-state index is -0.607. The van der Waals surface area contributed by atoms with Gasteiger partial charge in [-0.1, -0.05) is 0 Å². The normalized spacial score (nSPS) is 22.5. The van der Waals surface area contributed by atoms with E-state index in [1.54, 1.807) is 32.4 Å². The number of aromatic nitrogens is 1. The zero-order valence-electron chi connectivity index (χ0n) is 21.4. The highest BCUT2D eigenvalue weighted by atomic mass is 16.5. The van der Waals surface area contributed by atoms with Crippen molar-refractivity contribution in [2.75, 3.05) is 25.2 Å². The largest absolute Gasteiger partial charge is 0.490 e. The number of piperidine rings is 1. The fourth-order valence-electron chi connectivity index (χ4n) is 5.68.